The van der Waals surface area contributed by atoms with Gasteiger partial charge >= 0.3 is 5.97 Å². The van der Waals surface area contributed by atoms with Gasteiger partial charge in [0.2, 0.25) is 5.88 Å². The lowest BCUT2D eigenvalue weighted by Crippen LogP contribution is -2.39. The molecule has 0 spiro atoms. The van der Waals surface area contributed by atoms with Gasteiger partial charge in [0.1, 0.15) is 0 Å². The van der Waals surface area contributed by atoms with Crippen molar-refractivity contribution in [3.63, 3.8) is 0 Å². The second-order valence-electron chi connectivity index (χ2n) is 4.39. The predicted octanol–water partition coefficient (Wildman–Crippen LogP) is 0.476. The van der Waals surface area contributed by atoms with Crippen LogP contribution in [0.5, 0.6) is 5.88 Å². The molecule has 0 atom stereocenters. The van der Waals surface area contributed by atoms with Gasteiger partial charge in [-0.2, -0.15) is 0 Å². The van der Waals surface area contributed by atoms with E-state index in [9.17, 15) is 9.59 Å². The summed E-state index contributed by atoms with van der Waals surface area (Å²) in [5.41, 5.74) is -0.132. The molecule has 1 saturated heterocycles. The van der Waals surface area contributed by atoms with Crippen LogP contribution in [0, 0.1) is 5.92 Å². The zero-order valence-electron chi connectivity index (χ0n) is 10.2. The number of aromatic nitrogens is 1. The zero-order chi connectivity index (χ0) is 13.1. The number of hydroxylamine groups is 2. The van der Waals surface area contributed by atoms with Crippen LogP contribution < -0.4 is 10.4 Å². The van der Waals surface area contributed by atoms with E-state index in [1.54, 1.807) is 24.2 Å². The molecule has 1 fully saturated rings. The summed E-state index contributed by atoms with van der Waals surface area (Å²) in [7, 11) is 1.64. The summed E-state index contributed by atoms with van der Waals surface area (Å²) in [5, 5.41) is 10.6. The topological polar surface area (TPSA) is 71.8 Å². The maximum Gasteiger partial charge on any atom is 0.306 e. The fourth-order valence-electron chi connectivity index (χ4n) is 1.96. The number of carbonyl (C=O) groups is 1. The van der Waals surface area contributed by atoms with Crippen LogP contribution in [0.3, 0.4) is 0 Å². The summed E-state index contributed by atoms with van der Waals surface area (Å²) in [4.78, 5) is 27.8. The largest absolute Gasteiger partial charge is 0.481 e. The number of nitrogens with zero attached hydrogens (tertiary/aromatic N) is 2. The van der Waals surface area contributed by atoms with Crippen molar-refractivity contribution in [2.45, 2.75) is 12.8 Å². The molecule has 2 heterocycles. The SMILES string of the molecule is Cn1c(ON2CCC(C(=O)O)CC2)cccc1=O. The van der Waals surface area contributed by atoms with E-state index >= 15 is 0 Å². The standard InChI is InChI=1S/C12H16N2O4/c1-13-10(15)3-2-4-11(13)18-14-7-5-9(6-8-14)12(16)17/h2-4,9H,5-8H2,1H3,(H,16,17). The van der Waals surface area contributed by atoms with Crippen LogP contribution in [-0.2, 0) is 11.8 Å². The lowest BCUT2D eigenvalue weighted by Gasteiger charge is -2.29. The van der Waals surface area contributed by atoms with Crippen molar-refractivity contribution in [1.82, 2.24) is 9.63 Å². The van der Waals surface area contributed by atoms with Gasteiger partial charge in [0.25, 0.3) is 5.56 Å². The maximum absolute atomic E-state index is 11.4. The van der Waals surface area contributed by atoms with Crippen LogP contribution >= 0.6 is 0 Å². The predicted molar refractivity (Wildman–Crippen MR) is 64.2 cm³/mol. The molecule has 1 aliphatic heterocycles. The Balaban J connectivity index is 1.98. The smallest absolute Gasteiger partial charge is 0.306 e. The summed E-state index contributed by atoms with van der Waals surface area (Å²) in [5.74, 6) is -0.567. The van der Waals surface area contributed by atoms with Crippen LogP contribution in [0.25, 0.3) is 0 Å². The molecule has 1 aromatic rings. The van der Waals surface area contributed by atoms with E-state index in [4.69, 9.17) is 9.94 Å². The summed E-state index contributed by atoms with van der Waals surface area (Å²) >= 11 is 0. The number of aliphatic carboxylic acids is 1. The summed E-state index contributed by atoms with van der Waals surface area (Å²) in [6.45, 7) is 1.11. The van der Waals surface area contributed by atoms with Gasteiger partial charge in [-0.25, -0.2) is 0 Å². The van der Waals surface area contributed by atoms with E-state index in [0.29, 0.717) is 31.8 Å². The van der Waals surface area contributed by atoms with Crippen molar-refractivity contribution in [1.29, 1.82) is 0 Å². The first-order valence-electron chi connectivity index (χ1n) is 5.89. The van der Waals surface area contributed by atoms with Gasteiger partial charge in [-0.15, -0.1) is 5.06 Å². The quantitative estimate of drug-likeness (QED) is 0.847. The Morgan fingerprint density at radius 2 is 2.06 bits per heavy atom. The van der Waals surface area contributed by atoms with E-state index < -0.39 is 5.97 Å². The molecule has 0 amide bonds. The molecule has 6 nitrogen and oxygen atoms in total. The van der Waals surface area contributed by atoms with E-state index in [-0.39, 0.29) is 11.5 Å². The Labute approximate surface area is 104 Å². The minimum Gasteiger partial charge on any atom is -0.481 e. The van der Waals surface area contributed by atoms with E-state index in [2.05, 4.69) is 0 Å². The van der Waals surface area contributed by atoms with Crippen molar-refractivity contribution in [3.05, 3.63) is 28.6 Å². The third-order valence-corrected chi connectivity index (χ3v) is 3.16. The van der Waals surface area contributed by atoms with Crippen LogP contribution in [0.4, 0.5) is 0 Å². The van der Waals surface area contributed by atoms with Crippen LogP contribution in [-0.4, -0.2) is 33.8 Å². The Morgan fingerprint density at radius 3 is 2.67 bits per heavy atom. The molecular weight excluding hydrogens is 236 g/mol. The third kappa shape index (κ3) is 2.70. The Kier molecular flexibility index (Phi) is 3.66. The molecule has 1 aromatic heterocycles. The second-order valence-corrected chi connectivity index (χ2v) is 4.39. The molecule has 6 heteroatoms. The lowest BCUT2D eigenvalue weighted by atomic mass is 9.98. The van der Waals surface area contributed by atoms with Gasteiger partial charge in [0, 0.05) is 32.3 Å². The highest BCUT2D eigenvalue weighted by atomic mass is 16.7. The number of pyridine rings is 1. The minimum absolute atomic E-state index is 0.132. The van der Waals surface area contributed by atoms with Gasteiger partial charge in [0.15, 0.2) is 0 Å². The molecule has 98 valence electrons. The molecule has 1 N–H and O–H groups in total. The first kappa shape index (κ1) is 12.6. The molecule has 0 aliphatic carbocycles. The monoisotopic (exact) mass is 252 g/mol. The molecule has 0 aromatic carbocycles. The highest BCUT2D eigenvalue weighted by molar-refractivity contribution is 5.70. The normalized spacial score (nSPS) is 17.6. The number of piperidine rings is 1. The number of carboxylic acids is 1. The van der Waals surface area contributed by atoms with Crippen molar-refractivity contribution in [2.75, 3.05) is 13.1 Å². The van der Waals surface area contributed by atoms with Gasteiger partial charge in [-0.3, -0.25) is 14.2 Å². The second kappa shape index (κ2) is 5.22. The van der Waals surface area contributed by atoms with E-state index in [1.807, 2.05) is 0 Å². The maximum atomic E-state index is 11.4. The minimum atomic E-state index is -0.748. The van der Waals surface area contributed by atoms with Gasteiger partial charge < -0.3 is 9.94 Å². The summed E-state index contributed by atoms with van der Waals surface area (Å²) in [6, 6.07) is 4.82. The van der Waals surface area contributed by atoms with E-state index in [0.717, 1.165) is 0 Å². The van der Waals surface area contributed by atoms with Gasteiger partial charge in [-0.05, 0) is 12.8 Å². The van der Waals surface area contributed by atoms with Gasteiger partial charge in [0.05, 0.1) is 5.92 Å². The number of hydrogen-bond acceptors (Lipinski definition) is 4. The van der Waals surface area contributed by atoms with Crippen molar-refractivity contribution in [3.8, 4) is 5.88 Å². The number of carboxylic acid groups (broad SMARTS) is 1. The fourth-order valence-corrected chi connectivity index (χ4v) is 1.96. The van der Waals surface area contributed by atoms with Crippen molar-refractivity contribution < 1.29 is 14.7 Å². The highest BCUT2D eigenvalue weighted by Gasteiger charge is 2.25. The Hall–Kier alpha value is -1.82. The average Bonchev–Trinajstić information content (AvgIpc) is 2.36. The summed E-state index contributed by atoms with van der Waals surface area (Å²) < 4.78 is 1.42. The molecule has 1 aliphatic rings. The number of rotatable bonds is 3. The van der Waals surface area contributed by atoms with Crippen molar-refractivity contribution in [2.24, 2.45) is 13.0 Å². The molecule has 0 unspecified atom stereocenters. The average molecular weight is 252 g/mol. The van der Waals surface area contributed by atoms with Gasteiger partial charge in [-0.1, -0.05) is 6.07 Å². The molecule has 18 heavy (non-hydrogen) atoms. The number of hydrogen-bond donors (Lipinski definition) is 1. The first-order chi connectivity index (χ1) is 8.58. The fraction of sp³-hybridized carbons (Fsp3) is 0.500. The summed E-state index contributed by atoms with van der Waals surface area (Å²) in [6.07, 6.45) is 1.13. The molecule has 2 rings (SSSR count). The first-order valence-corrected chi connectivity index (χ1v) is 5.89. The Morgan fingerprint density at radius 1 is 1.39 bits per heavy atom. The molecule has 0 saturated carbocycles. The Bertz CT molecular complexity index is 489. The highest BCUT2D eigenvalue weighted by Crippen LogP contribution is 2.18. The third-order valence-electron chi connectivity index (χ3n) is 3.16. The molecule has 0 radical (unpaired) electrons. The van der Waals surface area contributed by atoms with Crippen LogP contribution in [0.1, 0.15) is 12.8 Å². The lowest BCUT2D eigenvalue weighted by molar-refractivity contribution is -0.148. The van der Waals surface area contributed by atoms with Crippen molar-refractivity contribution >= 4 is 5.97 Å². The molecule has 0 bridgehead atoms. The van der Waals surface area contributed by atoms with Crippen LogP contribution in [0.15, 0.2) is 23.0 Å². The molecular formula is C12H16N2O4. The van der Waals surface area contributed by atoms with E-state index in [1.165, 1.54) is 10.6 Å². The zero-order valence-corrected chi connectivity index (χ0v) is 10.2. The van der Waals surface area contributed by atoms with Crippen LogP contribution in [0.2, 0.25) is 0 Å².